The highest BCUT2D eigenvalue weighted by molar-refractivity contribution is 5.76. The number of unbranched alkanes of at least 4 members (excludes halogenated alkanes) is 5. The van der Waals surface area contributed by atoms with Crippen LogP contribution in [0.2, 0.25) is 0 Å². The first-order valence-electron chi connectivity index (χ1n) is 11.9. The van der Waals surface area contributed by atoms with Crippen LogP contribution in [0.1, 0.15) is 44.9 Å². The van der Waals surface area contributed by atoms with Crippen LogP contribution in [0.4, 0.5) is 0 Å². The second-order valence-corrected chi connectivity index (χ2v) is 7.72. The van der Waals surface area contributed by atoms with Gasteiger partial charge in [0.25, 0.3) is 0 Å². The van der Waals surface area contributed by atoms with Crippen molar-refractivity contribution >= 4 is 5.91 Å². The quantitative estimate of drug-likeness (QED) is 0.370. The van der Waals surface area contributed by atoms with Gasteiger partial charge in [0.1, 0.15) is 6.73 Å². The van der Waals surface area contributed by atoms with Crippen LogP contribution < -0.4 is 5.73 Å². The van der Waals surface area contributed by atoms with E-state index in [2.05, 4.69) is 6.58 Å². The summed E-state index contributed by atoms with van der Waals surface area (Å²) < 4.78 is 27.5. The zero-order valence-electron chi connectivity index (χ0n) is 19.7. The van der Waals surface area contributed by atoms with Gasteiger partial charge in [-0.1, -0.05) is 31.8 Å². The largest absolute Gasteiger partial charge is 0.377 e. The summed E-state index contributed by atoms with van der Waals surface area (Å²) in [5.41, 5.74) is 5.66. The summed E-state index contributed by atoms with van der Waals surface area (Å²) in [4.78, 5) is 17.8. The predicted octanol–water partition coefficient (Wildman–Crippen LogP) is 2.29. The van der Waals surface area contributed by atoms with E-state index in [1.165, 1.54) is 12.8 Å². The lowest BCUT2D eigenvalue weighted by atomic mass is 9.99. The van der Waals surface area contributed by atoms with Crippen molar-refractivity contribution in [3.05, 3.63) is 12.7 Å². The molecule has 188 valence electrons. The van der Waals surface area contributed by atoms with E-state index in [-0.39, 0.29) is 18.6 Å². The molecule has 0 aromatic heterocycles. The number of hydroxylamine groups is 2. The topological polar surface area (TPSA) is 102 Å². The monoisotopic (exact) mass is 460 g/mol. The number of hydrogen-bond donors (Lipinski definition) is 1. The number of nitrogens with two attached hydrogens (primary N) is 1. The molecule has 9 nitrogen and oxygen atoms in total. The van der Waals surface area contributed by atoms with E-state index in [9.17, 15) is 4.79 Å². The number of nitrogens with zero attached hydrogens (tertiary/aromatic N) is 1. The number of rotatable bonds is 11. The second-order valence-electron chi connectivity index (χ2n) is 7.72. The van der Waals surface area contributed by atoms with Crippen LogP contribution >= 0.6 is 0 Å². The number of hydrogen-bond acceptors (Lipinski definition) is 8. The van der Waals surface area contributed by atoms with Crippen LogP contribution in [0.3, 0.4) is 0 Å². The van der Waals surface area contributed by atoms with Crippen LogP contribution in [0.25, 0.3) is 0 Å². The molecule has 1 fully saturated rings. The van der Waals surface area contributed by atoms with Crippen LogP contribution in [0.5, 0.6) is 0 Å². The van der Waals surface area contributed by atoms with Gasteiger partial charge in [-0.3, -0.25) is 9.63 Å². The van der Waals surface area contributed by atoms with Gasteiger partial charge in [-0.05, 0) is 19.3 Å². The first-order chi connectivity index (χ1) is 15.7. The Bertz CT molecular complexity index is 436. The molecule has 0 spiro atoms. The summed E-state index contributed by atoms with van der Waals surface area (Å²) in [5, 5.41) is 1.66. The van der Waals surface area contributed by atoms with E-state index >= 15 is 0 Å². The van der Waals surface area contributed by atoms with Crippen molar-refractivity contribution in [2.24, 2.45) is 11.7 Å². The molecule has 0 aliphatic carbocycles. The van der Waals surface area contributed by atoms with Gasteiger partial charge >= 0.3 is 0 Å². The SMILES string of the molecule is C=CCCCCCCCC(CN1COCCOCCOCCOCCOCCO1)C(N)=O. The lowest BCUT2D eigenvalue weighted by molar-refractivity contribution is -0.222. The molecule has 0 aromatic rings. The Kier molecular flexibility index (Phi) is 19.7. The van der Waals surface area contributed by atoms with Gasteiger partial charge in [0.2, 0.25) is 5.91 Å². The summed E-state index contributed by atoms with van der Waals surface area (Å²) in [7, 11) is 0. The van der Waals surface area contributed by atoms with Crippen molar-refractivity contribution in [3.63, 3.8) is 0 Å². The molecule has 9 heteroatoms. The van der Waals surface area contributed by atoms with E-state index in [4.69, 9.17) is 34.3 Å². The molecule has 1 saturated heterocycles. The van der Waals surface area contributed by atoms with Gasteiger partial charge < -0.3 is 29.4 Å². The standard InChI is InChI=1S/C23H44N2O7/c1-2-3-4-5-6-7-8-9-22(23(24)26)20-25-21-31-17-16-29-13-12-27-10-11-28-14-15-30-18-19-32-25/h2,22H,1,3-21H2,(H2,24,26). The number of primary amides is 1. The molecule has 2 N–H and O–H groups in total. The highest BCUT2D eigenvalue weighted by atomic mass is 16.7. The molecule has 0 aromatic carbocycles. The zero-order valence-corrected chi connectivity index (χ0v) is 19.7. The Morgan fingerprint density at radius 1 is 0.781 bits per heavy atom. The predicted molar refractivity (Wildman–Crippen MR) is 122 cm³/mol. The third kappa shape index (κ3) is 17.5. The van der Waals surface area contributed by atoms with Crippen molar-refractivity contribution in [2.45, 2.75) is 44.9 Å². The molecule has 1 atom stereocenters. The maximum Gasteiger partial charge on any atom is 0.221 e. The van der Waals surface area contributed by atoms with Crippen LogP contribution in [-0.4, -0.2) is 90.3 Å². The molecule has 0 radical (unpaired) electrons. The van der Waals surface area contributed by atoms with Crippen molar-refractivity contribution in [1.29, 1.82) is 0 Å². The molecule has 0 saturated carbocycles. The van der Waals surface area contributed by atoms with E-state index in [1.807, 2.05) is 6.08 Å². The number of ether oxygens (including phenoxy) is 5. The molecule has 1 aliphatic heterocycles. The Labute approximate surface area is 193 Å². The summed E-state index contributed by atoms with van der Waals surface area (Å²) in [6.07, 6.45) is 9.35. The maximum absolute atomic E-state index is 12.0. The highest BCUT2D eigenvalue weighted by Crippen LogP contribution is 2.14. The average molecular weight is 461 g/mol. The number of carbonyl (C=O) groups is 1. The fourth-order valence-corrected chi connectivity index (χ4v) is 3.19. The fourth-order valence-electron chi connectivity index (χ4n) is 3.19. The van der Waals surface area contributed by atoms with E-state index < -0.39 is 0 Å². The minimum absolute atomic E-state index is 0.230. The number of carbonyl (C=O) groups excluding carboxylic acids is 1. The normalized spacial score (nSPS) is 20.1. The third-order valence-electron chi connectivity index (χ3n) is 5.01. The molecule has 0 bridgehead atoms. The lowest BCUT2D eigenvalue weighted by Crippen LogP contribution is -2.38. The number of allylic oxidation sites excluding steroid dienone is 1. The van der Waals surface area contributed by atoms with Gasteiger partial charge in [0.05, 0.1) is 72.0 Å². The summed E-state index contributed by atoms with van der Waals surface area (Å²) >= 11 is 0. The maximum atomic E-state index is 12.0. The smallest absolute Gasteiger partial charge is 0.221 e. The van der Waals surface area contributed by atoms with E-state index in [0.717, 1.165) is 32.1 Å². The summed E-state index contributed by atoms with van der Waals surface area (Å²) in [6, 6.07) is 0. The molecular weight excluding hydrogens is 416 g/mol. The molecular formula is C23H44N2O7. The molecule has 1 rings (SSSR count). The number of amides is 1. The first-order valence-corrected chi connectivity index (χ1v) is 11.9. The summed E-state index contributed by atoms with van der Waals surface area (Å²) in [6.45, 7) is 9.11. The average Bonchev–Trinajstić information content (AvgIpc) is 2.78. The van der Waals surface area contributed by atoms with Crippen molar-refractivity contribution in [2.75, 3.05) is 79.3 Å². The van der Waals surface area contributed by atoms with Crippen LogP contribution in [0, 0.1) is 5.92 Å². The second kappa shape index (κ2) is 21.8. The Morgan fingerprint density at radius 2 is 1.28 bits per heavy atom. The van der Waals surface area contributed by atoms with Crippen molar-refractivity contribution in [3.8, 4) is 0 Å². The highest BCUT2D eigenvalue weighted by Gasteiger charge is 2.20. The lowest BCUT2D eigenvalue weighted by Gasteiger charge is -2.25. The van der Waals surface area contributed by atoms with Gasteiger partial charge in [0.15, 0.2) is 0 Å². The van der Waals surface area contributed by atoms with E-state index in [1.54, 1.807) is 5.06 Å². The van der Waals surface area contributed by atoms with Gasteiger partial charge in [-0.25, -0.2) is 0 Å². The van der Waals surface area contributed by atoms with Crippen LogP contribution in [0.15, 0.2) is 12.7 Å². The molecule has 32 heavy (non-hydrogen) atoms. The zero-order chi connectivity index (χ0) is 23.1. The minimum Gasteiger partial charge on any atom is -0.377 e. The summed E-state index contributed by atoms with van der Waals surface area (Å²) in [5.74, 6) is -0.594. The van der Waals surface area contributed by atoms with Crippen molar-refractivity contribution < 1.29 is 33.3 Å². The van der Waals surface area contributed by atoms with Gasteiger partial charge in [-0.15, -0.1) is 6.58 Å². The Morgan fingerprint density at radius 3 is 1.84 bits per heavy atom. The van der Waals surface area contributed by atoms with E-state index in [0.29, 0.717) is 72.6 Å². The molecule has 1 aliphatic rings. The molecule has 1 unspecified atom stereocenters. The molecule has 1 amide bonds. The Hall–Kier alpha value is -1.07. The molecule has 1 heterocycles. The van der Waals surface area contributed by atoms with Gasteiger partial charge in [0, 0.05) is 6.54 Å². The third-order valence-corrected chi connectivity index (χ3v) is 5.01. The minimum atomic E-state index is -0.309. The fraction of sp³-hybridized carbons (Fsp3) is 0.870. The van der Waals surface area contributed by atoms with Gasteiger partial charge in [-0.2, -0.15) is 5.06 Å². The van der Waals surface area contributed by atoms with Crippen LogP contribution in [-0.2, 0) is 33.3 Å². The first kappa shape index (κ1) is 29.0. The Balaban J connectivity index is 2.39. The van der Waals surface area contributed by atoms with Crippen molar-refractivity contribution in [1.82, 2.24) is 5.06 Å².